The molecule has 0 bridgehead atoms. The van der Waals surface area contributed by atoms with Crippen LogP contribution in [0.4, 0.5) is 10.1 Å². The van der Waals surface area contributed by atoms with E-state index < -0.39 is 0 Å². The van der Waals surface area contributed by atoms with Gasteiger partial charge in [-0.2, -0.15) is 0 Å². The molecule has 1 fully saturated rings. The Morgan fingerprint density at radius 2 is 2.16 bits per heavy atom. The van der Waals surface area contributed by atoms with Crippen molar-refractivity contribution in [1.82, 2.24) is 9.97 Å². The van der Waals surface area contributed by atoms with E-state index in [4.69, 9.17) is 21.1 Å². The van der Waals surface area contributed by atoms with Crippen molar-refractivity contribution in [3.63, 3.8) is 0 Å². The number of hydrogen-bond donors (Lipinski definition) is 0. The lowest BCUT2D eigenvalue weighted by atomic mass is 9.96. The maximum Gasteiger partial charge on any atom is 0.232 e. The smallest absolute Gasteiger partial charge is 0.232 e. The molecule has 1 aliphatic heterocycles. The molecule has 1 aromatic heterocycles. The number of nitrogens with zero attached hydrogens (tertiary/aromatic N) is 3. The summed E-state index contributed by atoms with van der Waals surface area (Å²) in [5, 5.41) is 0.333. The molecule has 2 atom stereocenters. The zero-order chi connectivity index (χ0) is 17.8. The second-order valence-electron chi connectivity index (χ2n) is 6.09. The molecule has 25 heavy (non-hydrogen) atoms. The van der Waals surface area contributed by atoms with Gasteiger partial charge in [0.25, 0.3) is 0 Å². The largest absolute Gasteiger partial charge is 0.494 e. The first kappa shape index (κ1) is 17.7. The Labute approximate surface area is 151 Å². The minimum atomic E-state index is -0.237. The van der Waals surface area contributed by atoms with E-state index in [-0.39, 0.29) is 17.8 Å². The van der Waals surface area contributed by atoms with Crippen molar-refractivity contribution in [2.24, 2.45) is 5.92 Å². The van der Waals surface area contributed by atoms with Gasteiger partial charge >= 0.3 is 0 Å². The van der Waals surface area contributed by atoms with Gasteiger partial charge in [0.2, 0.25) is 5.88 Å². The highest BCUT2D eigenvalue weighted by atomic mass is 35.5. The van der Waals surface area contributed by atoms with Gasteiger partial charge < -0.3 is 14.4 Å². The molecule has 0 saturated carbocycles. The van der Waals surface area contributed by atoms with Crippen molar-refractivity contribution in [1.29, 1.82) is 0 Å². The maximum atomic E-state index is 14.2. The minimum Gasteiger partial charge on any atom is -0.494 e. The number of rotatable bonds is 5. The molecule has 1 saturated heterocycles. The number of aromatic nitrogens is 2. The minimum absolute atomic E-state index is 0.00450. The number of halogens is 2. The number of anilines is 1. The van der Waals surface area contributed by atoms with Gasteiger partial charge in [0.15, 0.2) is 0 Å². The Bertz CT molecular complexity index is 714. The van der Waals surface area contributed by atoms with Crippen molar-refractivity contribution >= 4 is 17.3 Å². The lowest BCUT2D eigenvalue weighted by Crippen LogP contribution is -2.44. The monoisotopic (exact) mass is 365 g/mol. The molecule has 2 aromatic rings. The van der Waals surface area contributed by atoms with E-state index >= 15 is 0 Å². The van der Waals surface area contributed by atoms with E-state index in [0.717, 1.165) is 6.42 Å². The second kappa shape index (κ2) is 7.87. The highest BCUT2D eigenvalue weighted by Crippen LogP contribution is 2.30. The molecular weight excluding hydrogens is 345 g/mol. The molecule has 0 radical (unpaired) electrons. The highest BCUT2D eigenvalue weighted by molar-refractivity contribution is 6.29. The predicted molar refractivity (Wildman–Crippen MR) is 95.0 cm³/mol. The van der Waals surface area contributed by atoms with E-state index in [1.807, 2.05) is 11.8 Å². The Balaban J connectivity index is 1.67. The standard InChI is InChI=1S/C18H21ClFN3O2/c1-3-24-13-4-5-14(20)15(8-13)23-7-6-16(12(2)11-23)25-18-10-21-17(19)9-22-18/h4-5,8-10,12,16H,3,6-7,11H2,1-2H3/t12-,16+/m0/s1. The summed E-state index contributed by atoms with van der Waals surface area (Å²) in [6.07, 6.45) is 3.76. The average molecular weight is 366 g/mol. The third-order valence-corrected chi connectivity index (χ3v) is 4.46. The fourth-order valence-electron chi connectivity index (χ4n) is 3.03. The molecule has 0 N–H and O–H groups in total. The summed E-state index contributed by atoms with van der Waals surface area (Å²) in [6.45, 7) is 5.94. The molecule has 134 valence electrons. The summed E-state index contributed by atoms with van der Waals surface area (Å²) in [7, 11) is 0. The van der Waals surface area contributed by atoms with Gasteiger partial charge in [-0.3, -0.25) is 0 Å². The van der Waals surface area contributed by atoms with Crippen LogP contribution in [0.15, 0.2) is 30.6 Å². The summed E-state index contributed by atoms with van der Waals surface area (Å²) in [5.74, 6) is 1.11. The van der Waals surface area contributed by atoms with Crippen LogP contribution < -0.4 is 14.4 Å². The van der Waals surface area contributed by atoms with Gasteiger partial charge in [-0.05, 0) is 19.1 Å². The van der Waals surface area contributed by atoms with E-state index in [0.29, 0.717) is 42.2 Å². The highest BCUT2D eigenvalue weighted by Gasteiger charge is 2.29. The second-order valence-corrected chi connectivity index (χ2v) is 6.48. The Morgan fingerprint density at radius 1 is 1.32 bits per heavy atom. The van der Waals surface area contributed by atoms with Crippen molar-refractivity contribution in [3.8, 4) is 11.6 Å². The lowest BCUT2D eigenvalue weighted by molar-refractivity contribution is 0.115. The van der Waals surface area contributed by atoms with Gasteiger partial charge in [0.1, 0.15) is 22.8 Å². The molecule has 3 rings (SSSR count). The predicted octanol–water partition coefficient (Wildman–Crippen LogP) is 3.96. The van der Waals surface area contributed by atoms with Crippen molar-refractivity contribution in [2.75, 3.05) is 24.6 Å². The summed E-state index contributed by atoms with van der Waals surface area (Å²) in [4.78, 5) is 10.1. The Kier molecular flexibility index (Phi) is 5.58. The van der Waals surface area contributed by atoms with Crippen LogP contribution >= 0.6 is 11.6 Å². The van der Waals surface area contributed by atoms with Crippen LogP contribution in [0.3, 0.4) is 0 Å². The molecule has 0 aliphatic carbocycles. The Morgan fingerprint density at radius 3 is 2.84 bits per heavy atom. The molecule has 0 unspecified atom stereocenters. The van der Waals surface area contributed by atoms with Crippen LogP contribution in [-0.2, 0) is 0 Å². The first-order chi connectivity index (χ1) is 12.1. The van der Waals surface area contributed by atoms with Crippen molar-refractivity contribution < 1.29 is 13.9 Å². The average Bonchev–Trinajstić information content (AvgIpc) is 2.60. The summed E-state index contributed by atoms with van der Waals surface area (Å²) >= 11 is 5.74. The quantitative estimate of drug-likeness (QED) is 0.802. The van der Waals surface area contributed by atoms with Crippen LogP contribution in [0.1, 0.15) is 20.3 Å². The third-order valence-electron chi connectivity index (χ3n) is 4.26. The van der Waals surface area contributed by atoms with Gasteiger partial charge in [-0.15, -0.1) is 0 Å². The molecule has 5 nitrogen and oxygen atoms in total. The zero-order valence-corrected chi connectivity index (χ0v) is 15.0. The normalized spacial score (nSPS) is 20.4. The molecule has 0 spiro atoms. The molecule has 7 heteroatoms. The van der Waals surface area contributed by atoms with E-state index in [2.05, 4.69) is 16.9 Å². The zero-order valence-electron chi connectivity index (χ0n) is 14.3. The van der Waals surface area contributed by atoms with Gasteiger partial charge in [0, 0.05) is 31.5 Å². The maximum absolute atomic E-state index is 14.2. The molecule has 2 heterocycles. The van der Waals surface area contributed by atoms with Gasteiger partial charge in [0.05, 0.1) is 24.7 Å². The third kappa shape index (κ3) is 4.31. The number of benzene rings is 1. The van der Waals surface area contributed by atoms with E-state index in [9.17, 15) is 4.39 Å². The van der Waals surface area contributed by atoms with E-state index in [1.165, 1.54) is 18.5 Å². The summed E-state index contributed by atoms with van der Waals surface area (Å²) in [5.41, 5.74) is 0.572. The molecule has 1 aliphatic rings. The van der Waals surface area contributed by atoms with Crippen LogP contribution in [0, 0.1) is 11.7 Å². The topological polar surface area (TPSA) is 47.5 Å². The first-order valence-electron chi connectivity index (χ1n) is 8.38. The van der Waals surface area contributed by atoms with Crippen LogP contribution in [0.2, 0.25) is 5.15 Å². The SMILES string of the molecule is CCOc1ccc(F)c(N2CC[C@@H](Oc3cnc(Cl)cn3)[C@@H](C)C2)c1. The molecular formula is C18H21ClFN3O2. The van der Waals surface area contributed by atoms with Gasteiger partial charge in [-0.25, -0.2) is 14.4 Å². The van der Waals surface area contributed by atoms with Crippen LogP contribution in [0.25, 0.3) is 0 Å². The van der Waals surface area contributed by atoms with Crippen molar-refractivity contribution in [3.05, 3.63) is 41.6 Å². The number of hydrogen-bond acceptors (Lipinski definition) is 5. The number of ether oxygens (including phenoxy) is 2. The van der Waals surface area contributed by atoms with Crippen LogP contribution in [-0.4, -0.2) is 35.8 Å². The van der Waals surface area contributed by atoms with Crippen LogP contribution in [0.5, 0.6) is 11.6 Å². The number of piperidine rings is 1. The van der Waals surface area contributed by atoms with E-state index in [1.54, 1.807) is 12.1 Å². The Hall–Kier alpha value is -2.08. The summed E-state index contributed by atoms with van der Waals surface area (Å²) < 4.78 is 25.7. The summed E-state index contributed by atoms with van der Waals surface area (Å²) in [6, 6.07) is 4.87. The lowest BCUT2D eigenvalue weighted by Gasteiger charge is -2.38. The first-order valence-corrected chi connectivity index (χ1v) is 8.76. The fourth-order valence-corrected chi connectivity index (χ4v) is 3.12. The molecule has 1 aromatic carbocycles. The van der Waals surface area contributed by atoms with Gasteiger partial charge in [-0.1, -0.05) is 18.5 Å². The van der Waals surface area contributed by atoms with Crippen molar-refractivity contribution in [2.45, 2.75) is 26.4 Å². The molecule has 0 amide bonds. The fraction of sp³-hybridized carbons (Fsp3) is 0.444.